The van der Waals surface area contributed by atoms with E-state index in [2.05, 4.69) is 31.8 Å². The van der Waals surface area contributed by atoms with Crippen LogP contribution in [-0.4, -0.2) is 17.5 Å². The molecular weight excluding hydrogens is 442 g/mol. The summed E-state index contributed by atoms with van der Waals surface area (Å²) in [5, 5.41) is 6.87. The highest BCUT2D eigenvalue weighted by molar-refractivity contribution is 9.10. The summed E-state index contributed by atoms with van der Waals surface area (Å²) in [4.78, 5) is 25.4. The average molecular weight is 462 g/mol. The smallest absolute Gasteiger partial charge is 0.287 e. The zero-order valence-electron chi connectivity index (χ0n) is 16.3. The van der Waals surface area contributed by atoms with Crippen LogP contribution in [0.1, 0.15) is 28.4 Å². The van der Waals surface area contributed by atoms with Crippen LogP contribution in [0, 0.1) is 0 Å². The van der Waals surface area contributed by atoms with E-state index in [9.17, 15) is 9.59 Å². The Morgan fingerprint density at radius 2 is 1.50 bits per heavy atom. The van der Waals surface area contributed by atoms with Crippen molar-refractivity contribution in [1.29, 1.82) is 0 Å². The predicted molar refractivity (Wildman–Crippen MR) is 123 cm³/mol. The van der Waals surface area contributed by atoms with Gasteiger partial charge in [0, 0.05) is 10.0 Å². The largest absolute Gasteiger partial charge is 0.317 e. The maximum atomic E-state index is 12.8. The number of rotatable bonds is 6. The average Bonchev–Trinajstić information content (AvgIpc) is 2.78. The van der Waals surface area contributed by atoms with E-state index < -0.39 is 5.91 Å². The molecular formula is C24H20BrN3O2. The van der Waals surface area contributed by atoms with Gasteiger partial charge in [-0.2, -0.15) is 5.10 Å². The number of hydrazone groups is 1. The van der Waals surface area contributed by atoms with Crippen molar-refractivity contribution in [2.75, 3.05) is 0 Å². The predicted octanol–water partition coefficient (Wildman–Crippen LogP) is 4.76. The number of hydrogen-bond donors (Lipinski definition) is 2. The minimum atomic E-state index is -0.516. The maximum Gasteiger partial charge on any atom is 0.287 e. The molecule has 0 saturated heterocycles. The number of nitrogens with one attached hydrogen (secondary N) is 2. The van der Waals surface area contributed by atoms with Crippen molar-refractivity contribution in [3.8, 4) is 0 Å². The van der Waals surface area contributed by atoms with Crippen LogP contribution < -0.4 is 10.7 Å². The third-order valence-corrected chi connectivity index (χ3v) is 4.70. The number of carbonyl (C=O) groups is 2. The summed E-state index contributed by atoms with van der Waals surface area (Å²) in [6.07, 6.45) is 1.61. The SMILES string of the molecule is CC(=NNC(=O)C(=Cc1ccccc1)NC(=O)c1ccccc1)c1cccc(Br)c1. The Morgan fingerprint density at radius 3 is 2.17 bits per heavy atom. The second kappa shape index (κ2) is 10.3. The maximum absolute atomic E-state index is 12.8. The molecule has 3 rings (SSSR count). The molecule has 0 unspecified atom stereocenters. The third kappa shape index (κ3) is 5.99. The van der Waals surface area contributed by atoms with E-state index in [1.54, 1.807) is 37.3 Å². The van der Waals surface area contributed by atoms with Gasteiger partial charge in [0.1, 0.15) is 5.70 Å². The molecule has 3 aromatic rings. The summed E-state index contributed by atoms with van der Waals surface area (Å²) >= 11 is 3.42. The molecule has 0 heterocycles. The van der Waals surface area contributed by atoms with E-state index in [4.69, 9.17) is 0 Å². The lowest BCUT2D eigenvalue weighted by atomic mass is 10.1. The second-order valence-electron chi connectivity index (χ2n) is 6.44. The van der Waals surface area contributed by atoms with Crippen molar-refractivity contribution in [2.45, 2.75) is 6.92 Å². The van der Waals surface area contributed by atoms with E-state index in [1.807, 2.05) is 60.7 Å². The van der Waals surface area contributed by atoms with E-state index >= 15 is 0 Å². The zero-order chi connectivity index (χ0) is 21.3. The van der Waals surface area contributed by atoms with Gasteiger partial charge in [0.2, 0.25) is 0 Å². The lowest BCUT2D eigenvalue weighted by molar-refractivity contribution is -0.117. The molecule has 6 heteroatoms. The molecule has 2 N–H and O–H groups in total. The Kier molecular flexibility index (Phi) is 7.29. The fourth-order valence-corrected chi connectivity index (χ4v) is 3.03. The van der Waals surface area contributed by atoms with Gasteiger partial charge in [0.15, 0.2) is 0 Å². The van der Waals surface area contributed by atoms with Gasteiger partial charge in [-0.25, -0.2) is 5.43 Å². The van der Waals surface area contributed by atoms with Crippen molar-refractivity contribution in [1.82, 2.24) is 10.7 Å². The van der Waals surface area contributed by atoms with Crippen molar-refractivity contribution >= 4 is 39.5 Å². The Labute approximate surface area is 183 Å². The van der Waals surface area contributed by atoms with Crippen molar-refractivity contribution in [3.63, 3.8) is 0 Å². The summed E-state index contributed by atoms with van der Waals surface area (Å²) in [6.45, 7) is 1.80. The summed E-state index contributed by atoms with van der Waals surface area (Å²) in [7, 11) is 0. The Balaban J connectivity index is 1.82. The van der Waals surface area contributed by atoms with Gasteiger partial charge in [-0.05, 0) is 48.4 Å². The van der Waals surface area contributed by atoms with Crippen LogP contribution in [0.25, 0.3) is 6.08 Å². The van der Waals surface area contributed by atoms with Crippen molar-refractivity contribution < 1.29 is 9.59 Å². The molecule has 0 aromatic heterocycles. The molecule has 0 saturated carbocycles. The summed E-state index contributed by atoms with van der Waals surface area (Å²) in [6, 6.07) is 25.6. The number of amides is 2. The van der Waals surface area contributed by atoms with Crippen LogP contribution in [0.5, 0.6) is 0 Å². The molecule has 3 aromatic carbocycles. The molecule has 150 valence electrons. The van der Waals surface area contributed by atoms with Crippen LogP contribution >= 0.6 is 15.9 Å². The standard InChI is InChI=1S/C24H20BrN3O2/c1-17(20-13-8-14-21(25)16-20)27-28-24(30)22(15-18-9-4-2-5-10-18)26-23(29)19-11-6-3-7-12-19/h2-16H,1H3,(H,26,29)(H,28,30). The molecule has 0 atom stereocenters. The van der Waals surface area contributed by atoms with E-state index in [1.165, 1.54) is 0 Å². The minimum absolute atomic E-state index is 0.0980. The highest BCUT2D eigenvalue weighted by atomic mass is 79.9. The Bertz CT molecular complexity index is 1090. The van der Waals surface area contributed by atoms with E-state index in [0.29, 0.717) is 11.3 Å². The van der Waals surface area contributed by atoms with Crippen molar-refractivity contribution in [2.24, 2.45) is 5.10 Å². The molecule has 5 nitrogen and oxygen atoms in total. The molecule has 2 amide bonds. The van der Waals surface area contributed by atoms with Gasteiger partial charge in [-0.1, -0.05) is 76.6 Å². The first-order chi connectivity index (χ1) is 14.5. The molecule has 30 heavy (non-hydrogen) atoms. The van der Waals surface area contributed by atoms with Crippen LogP contribution in [-0.2, 0) is 4.79 Å². The Morgan fingerprint density at radius 1 is 0.867 bits per heavy atom. The normalized spacial score (nSPS) is 11.7. The minimum Gasteiger partial charge on any atom is -0.317 e. The number of carbonyl (C=O) groups excluding carboxylic acids is 2. The van der Waals surface area contributed by atoms with Gasteiger partial charge in [0.25, 0.3) is 11.8 Å². The van der Waals surface area contributed by atoms with Crippen LogP contribution in [0.15, 0.2) is 100 Å². The highest BCUT2D eigenvalue weighted by Crippen LogP contribution is 2.12. The molecule has 0 spiro atoms. The van der Waals surface area contributed by atoms with Crippen LogP contribution in [0.4, 0.5) is 0 Å². The first-order valence-corrected chi connectivity index (χ1v) is 10.1. The van der Waals surface area contributed by atoms with Gasteiger partial charge >= 0.3 is 0 Å². The molecule has 0 radical (unpaired) electrons. The number of halogens is 1. The number of hydrogen-bond acceptors (Lipinski definition) is 3. The highest BCUT2D eigenvalue weighted by Gasteiger charge is 2.14. The number of nitrogens with zero attached hydrogens (tertiary/aromatic N) is 1. The van der Waals surface area contributed by atoms with Gasteiger partial charge in [-0.15, -0.1) is 0 Å². The van der Waals surface area contributed by atoms with Gasteiger partial charge in [0.05, 0.1) is 5.71 Å². The van der Waals surface area contributed by atoms with E-state index in [-0.39, 0.29) is 11.6 Å². The summed E-state index contributed by atoms with van der Waals surface area (Å²) < 4.78 is 0.917. The summed E-state index contributed by atoms with van der Waals surface area (Å²) in [5.41, 5.74) is 5.37. The molecule has 0 fully saturated rings. The van der Waals surface area contributed by atoms with Crippen molar-refractivity contribution in [3.05, 3.63) is 112 Å². The lowest BCUT2D eigenvalue weighted by Gasteiger charge is -2.10. The zero-order valence-corrected chi connectivity index (χ0v) is 17.9. The number of benzene rings is 3. The third-order valence-electron chi connectivity index (χ3n) is 4.21. The molecule has 0 aliphatic carbocycles. The Hall–Kier alpha value is -3.51. The fraction of sp³-hybridized carbons (Fsp3) is 0.0417. The first kappa shape index (κ1) is 21.2. The van der Waals surface area contributed by atoms with Crippen LogP contribution in [0.3, 0.4) is 0 Å². The molecule has 0 aliphatic rings. The van der Waals surface area contributed by atoms with Gasteiger partial charge in [-0.3, -0.25) is 9.59 Å². The second-order valence-corrected chi connectivity index (χ2v) is 7.35. The van der Waals surface area contributed by atoms with Crippen LogP contribution in [0.2, 0.25) is 0 Å². The fourth-order valence-electron chi connectivity index (χ4n) is 2.63. The lowest BCUT2D eigenvalue weighted by Crippen LogP contribution is -2.33. The quantitative estimate of drug-likeness (QED) is 0.315. The van der Waals surface area contributed by atoms with E-state index in [0.717, 1.165) is 15.6 Å². The monoisotopic (exact) mass is 461 g/mol. The first-order valence-electron chi connectivity index (χ1n) is 9.26. The van der Waals surface area contributed by atoms with Gasteiger partial charge < -0.3 is 5.32 Å². The summed E-state index contributed by atoms with van der Waals surface area (Å²) in [5.74, 6) is -0.891. The topological polar surface area (TPSA) is 70.6 Å². The molecule has 0 bridgehead atoms. The molecule has 0 aliphatic heterocycles.